The molecule has 0 saturated heterocycles. The Hall–Kier alpha value is -1.88. The number of benzene rings is 1. The summed E-state index contributed by atoms with van der Waals surface area (Å²) >= 11 is 0. The zero-order chi connectivity index (χ0) is 13.0. The topological polar surface area (TPSA) is 63.0 Å². The fourth-order valence-electron chi connectivity index (χ4n) is 1.60. The molecule has 0 saturated carbocycles. The fraction of sp³-hybridized carbons (Fsp3) is 0.385. The van der Waals surface area contributed by atoms with Crippen LogP contribution in [0.4, 0.5) is 11.7 Å². The van der Waals surface area contributed by atoms with Gasteiger partial charge in [0.2, 0.25) is 5.89 Å². The molecule has 18 heavy (non-hydrogen) atoms. The van der Waals surface area contributed by atoms with Crippen molar-refractivity contribution < 1.29 is 4.42 Å². The molecule has 1 heterocycles. The number of anilines is 2. The van der Waals surface area contributed by atoms with Crippen molar-refractivity contribution in [3.63, 3.8) is 0 Å². The average molecular weight is 246 g/mol. The quantitative estimate of drug-likeness (QED) is 0.849. The molecule has 0 aliphatic rings. The predicted molar refractivity (Wildman–Crippen MR) is 70.9 cm³/mol. The van der Waals surface area contributed by atoms with Gasteiger partial charge in [-0.1, -0.05) is 31.1 Å². The maximum absolute atomic E-state index is 5.41. The summed E-state index contributed by atoms with van der Waals surface area (Å²) in [6.07, 6.45) is 0. The van der Waals surface area contributed by atoms with Crippen LogP contribution in [0.15, 0.2) is 28.7 Å². The zero-order valence-corrected chi connectivity index (χ0v) is 10.9. The normalized spacial score (nSPS) is 10.9. The van der Waals surface area contributed by atoms with Crippen LogP contribution in [-0.2, 0) is 6.54 Å². The number of hydrogen-bond acceptors (Lipinski definition) is 5. The molecule has 0 amide bonds. The maximum atomic E-state index is 5.41. The highest BCUT2D eigenvalue weighted by Gasteiger charge is 2.05. The summed E-state index contributed by atoms with van der Waals surface area (Å²) in [4.78, 5) is 0. The molecule has 0 radical (unpaired) electrons. The van der Waals surface area contributed by atoms with Gasteiger partial charge in [-0.15, -0.1) is 5.10 Å². The molecule has 96 valence electrons. The highest BCUT2D eigenvalue weighted by Crippen LogP contribution is 2.19. The summed E-state index contributed by atoms with van der Waals surface area (Å²) in [6, 6.07) is 8.63. The van der Waals surface area contributed by atoms with E-state index >= 15 is 0 Å². The van der Waals surface area contributed by atoms with Crippen molar-refractivity contribution in [2.24, 2.45) is 0 Å². The van der Waals surface area contributed by atoms with Crippen LogP contribution in [0.25, 0.3) is 0 Å². The van der Waals surface area contributed by atoms with Gasteiger partial charge >= 0.3 is 6.01 Å². The van der Waals surface area contributed by atoms with Crippen molar-refractivity contribution >= 4 is 11.7 Å². The highest BCUT2D eigenvalue weighted by atomic mass is 16.4. The molecule has 0 aliphatic carbocycles. The number of rotatable bonds is 5. The van der Waals surface area contributed by atoms with Crippen LogP contribution in [0.1, 0.15) is 31.2 Å². The number of nitrogens with one attached hydrogen (secondary N) is 2. The Morgan fingerprint density at radius 2 is 1.89 bits per heavy atom. The van der Waals surface area contributed by atoms with E-state index in [1.165, 1.54) is 5.56 Å². The lowest BCUT2D eigenvalue weighted by molar-refractivity contribution is 0.493. The summed E-state index contributed by atoms with van der Waals surface area (Å²) < 4.78 is 5.41. The van der Waals surface area contributed by atoms with E-state index < -0.39 is 0 Å². The van der Waals surface area contributed by atoms with Crippen molar-refractivity contribution in [2.45, 2.75) is 26.3 Å². The fourth-order valence-corrected chi connectivity index (χ4v) is 1.60. The van der Waals surface area contributed by atoms with E-state index in [0.717, 1.165) is 5.69 Å². The molecule has 2 aromatic rings. The molecular formula is C13H18N4O. The van der Waals surface area contributed by atoms with Crippen molar-refractivity contribution in [1.82, 2.24) is 15.5 Å². The Balaban J connectivity index is 2.03. The molecule has 0 aliphatic heterocycles. The summed E-state index contributed by atoms with van der Waals surface area (Å²) in [5.41, 5.74) is 2.25. The molecule has 0 unspecified atom stereocenters. The molecule has 0 fully saturated rings. The second kappa shape index (κ2) is 5.64. The van der Waals surface area contributed by atoms with Gasteiger partial charge in [0.25, 0.3) is 0 Å². The van der Waals surface area contributed by atoms with Crippen LogP contribution in [0.2, 0.25) is 0 Å². The lowest BCUT2D eigenvalue weighted by Gasteiger charge is -2.06. The number of hydrogen-bond donors (Lipinski definition) is 2. The Morgan fingerprint density at radius 3 is 2.50 bits per heavy atom. The SMILES string of the molecule is CNCc1nnc(Nc2ccc(C(C)C)cc2)o1. The zero-order valence-electron chi connectivity index (χ0n) is 10.9. The minimum Gasteiger partial charge on any atom is -0.406 e. The molecule has 5 heteroatoms. The first-order chi connectivity index (χ1) is 8.69. The van der Waals surface area contributed by atoms with Gasteiger partial charge < -0.3 is 15.1 Å². The van der Waals surface area contributed by atoms with E-state index in [1.54, 1.807) is 0 Å². The third kappa shape index (κ3) is 3.07. The van der Waals surface area contributed by atoms with Crippen molar-refractivity contribution in [1.29, 1.82) is 0 Å². The van der Waals surface area contributed by atoms with E-state index in [9.17, 15) is 0 Å². The Labute approximate surface area is 107 Å². The van der Waals surface area contributed by atoms with Gasteiger partial charge in [0.05, 0.1) is 6.54 Å². The Bertz CT molecular complexity index is 490. The highest BCUT2D eigenvalue weighted by molar-refractivity contribution is 5.52. The minimum absolute atomic E-state index is 0.414. The number of aromatic nitrogens is 2. The van der Waals surface area contributed by atoms with Crippen LogP contribution in [0.5, 0.6) is 0 Å². The lowest BCUT2D eigenvalue weighted by atomic mass is 10.0. The van der Waals surface area contributed by atoms with Crippen molar-refractivity contribution in [3.05, 3.63) is 35.7 Å². The largest absolute Gasteiger partial charge is 0.406 e. The van der Waals surface area contributed by atoms with E-state index in [4.69, 9.17) is 4.42 Å². The molecule has 1 aromatic carbocycles. The molecule has 0 bridgehead atoms. The number of nitrogens with zero attached hydrogens (tertiary/aromatic N) is 2. The maximum Gasteiger partial charge on any atom is 0.320 e. The second-order valence-electron chi connectivity index (χ2n) is 4.43. The van der Waals surface area contributed by atoms with Gasteiger partial charge in [0.1, 0.15) is 0 Å². The molecule has 2 N–H and O–H groups in total. The predicted octanol–water partition coefficient (Wildman–Crippen LogP) is 2.66. The van der Waals surface area contributed by atoms with Crippen molar-refractivity contribution in [3.8, 4) is 0 Å². The Kier molecular flexibility index (Phi) is 3.94. The molecule has 0 atom stereocenters. The summed E-state index contributed by atoms with van der Waals surface area (Å²) in [6.45, 7) is 4.91. The van der Waals surface area contributed by atoms with E-state index in [1.807, 2.05) is 19.2 Å². The third-order valence-corrected chi connectivity index (χ3v) is 2.62. The van der Waals surface area contributed by atoms with Gasteiger partial charge in [-0.25, -0.2) is 0 Å². The van der Waals surface area contributed by atoms with E-state index in [0.29, 0.717) is 24.4 Å². The van der Waals surface area contributed by atoms with Gasteiger partial charge in [-0.05, 0) is 30.7 Å². The smallest absolute Gasteiger partial charge is 0.320 e. The van der Waals surface area contributed by atoms with Crippen LogP contribution in [-0.4, -0.2) is 17.2 Å². The Morgan fingerprint density at radius 1 is 1.17 bits per heavy atom. The monoisotopic (exact) mass is 246 g/mol. The van der Waals surface area contributed by atoms with E-state index in [-0.39, 0.29) is 0 Å². The van der Waals surface area contributed by atoms with Crippen LogP contribution >= 0.6 is 0 Å². The van der Waals surface area contributed by atoms with Gasteiger partial charge in [-0.3, -0.25) is 0 Å². The minimum atomic E-state index is 0.414. The summed E-state index contributed by atoms with van der Waals surface area (Å²) in [7, 11) is 1.84. The second-order valence-corrected chi connectivity index (χ2v) is 4.43. The first-order valence-electron chi connectivity index (χ1n) is 6.03. The van der Waals surface area contributed by atoms with Crippen LogP contribution < -0.4 is 10.6 Å². The van der Waals surface area contributed by atoms with Crippen molar-refractivity contribution in [2.75, 3.05) is 12.4 Å². The first kappa shape index (κ1) is 12.6. The van der Waals surface area contributed by atoms with Crippen LogP contribution in [0.3, 0.4) is 0 Å². The summed E-state index contributed by atoms with van der Waals surface area (Å²) in [5, 5.41) is 13.9. The first-order valence-corrected chi connectivity index (χ1v) is 6.03. The molecule has 0 spiro atoms. The standard InChI is InChI=1S/C13H18N4O/c1-9(2)10-4-6-11(7-5-10)15-13-17-16-12(18-13)8-14-3/h4-7,9,14H,8H2,1-3H3,(H,15,17). The molecule has 5 nitrogen and oxygen atoms in total. The van der Waals surface area contributed by atoms with Gasteiger partial charge in [0, 0.05) is 5.69 Å². The lowest BCUT2D eigenvalue weighted by Crippen LogP contribution is -2.04. The molecule has 1 aromatic heterocycles. The average Bonchev–Trinajstić information content (AvgIpc) is 2.78. The molecular weight excluding hydrogens is 228 g/mol. The third-order valence-electron chi connectivity index (χ3n) is 2.62. The van der Waals surface area contributed by atoms with E-state index in [2.05, 4.69) is 46.8 Å². The van der Waals surface area contributed by atoms with Gasteiger partial charge in [0.15, 0.2) is 0 Å². The molecule has 2 rings (SSSR count). The summed E-state index contributed by atoms with van der Waals surface area (Å²) in [5.74, 6) is 1.10. The van der Waals surface area contributed by atoms with Gasteiger partial charge in [-0.2, -0.15) is 0 Å². The van der Waals surface area contributed by atoms with Crippen LogP contribution in [0, 0.1) is 0 Å².